The second-order valence-electron chi connectivity index (χ2n) is 7.09. The van der Waals surface area contributed by atoms with Crippen molar-refractivity contribution in [1.29, 1.82) is 0 Å². The molecule has 3 heteroatoms. The van der Waals surface area contributed by atoms with Gasteiger partial charge in [0, 0.05) is 6.61 Å². The zero-order valence-corrected chi connectivity index (χ0v) is 17.1. The standard InChI is InChI=1S/C14H18O2.C7H12.C2H6O/c1-14(8-3-2-4-9-14)12-7-5-6-11(10-12)13(15)16;1-4-5-6-7(2)3;1-2-3/h5-7,10H,2-4,8-9H2,1H3,(H,15,16);4-6H,1-3H3;3H,2H2,1H3/b;5-4-;. The van der Waals surface area contributed by atoms with Crippen LogP contribution in [0.1, 0.15) is 82.6 Å². The summed E-state index contributed by atoms with van der Waals surface area (Å²) in [6.45, 7) is 10.4. The highest BCUT2D eigenvalue weighted by molar-refractivity contribution is 5.87. The Morgan fingerprint density at radius 3 is 2.19 bits per heavy atom. The van der Waals surface area contributed by atoms with Gasteiger partial charge in [0.1, 0.15) is 0 Å². The average molecular weight is 361 g/mol. The summed E-state index contributed by atoms with van der Waals surface area (Å²) in [6.07, 6.45) is 12.3. The molecule has 0 radical (unpaired) electrons. The number of allylic oxidation sites excluding steroid dienone is 4. The first-order valence-electron chi connectivity index (χ1n) is 9.51. The molecule has 1 aliphatic carbocycles. The van der Waals surface area contributed by atoms with E-state index < -0.39 is 5.97 Å². The van der Waals surface area contributed by atoms with Gasteiger partial charge in [-0.05, 0) is 63.6 Å². The molecule has 1 aliphatic rings. The molecule has 2 rings (SSSR count). The second kappa shape index (κ2) is 13.3. The minimum absolute atomic E-state index is 0.184. The third-order valence-electron chi connectivity index (χ3n) is 4.39. The van der Waals surface area contributed by atoms with Crippen LogP contribution in [0, 0.1) is 0 Å². The van der Waals surface area contributed by atoms with Crippen LogP contribution < -0.4 is 0 Å². The molecule has 0 unspecified atom stereocenters. The van der Waals surface area contributed by atoms with Gasteiger partial charge >= 0.3 is 5.97 Å². The fourth-order valence-corrected chi connectivity index (χ4v) is 2.94. The lowest BCUT2D eigenvalue weighted by Gasteiger charge is -2.34. The van der Waals surface area contributed by atoms with Gasteiger partial charge in [-0.25, -0.2) is 4.79 Å². The van der Waals surface area contributed by atoms with Crippen molar-refractivity contribution in [3.05, 3.63) is 59.2 Å². The number of hydrogen-bond acceptors (Lipinski definition) is 2. The van der Waals surface area contributed by atoms with E-state index in [1.165, 1.54) is 43.2 Å². The van der Waals surface area contributed by atoms with Crippen molar-refractivity contribution in [3.8, 4) is 0 Å². The first-order valence-corrected chi connectivity index (χ1v) is 9.51. The molecule has 1 aromatic carbocycles. The van der Waals surface area contributed by atoms with E-state index in [-0.39, 0.29) is 12.0 Å². The monoisotopic (exact) mass is 360 g/mol. The second-order valence-corrected chi connectivity index (χ2v) is 7.09. The van der Waals surface area contributed by atoms with Crippen LogP contribution in [0.25, 0.3) is 0 Å². The van der Waals surface area contributed by atoms with Crippen molar-refractivity contribution in [1.82, 2.24) is 0 Å². The van der Waals surface area contributed by atoms with Crippen molar-refractivity contribution < 1.29 is 15.0 Å². The minimum Gasteiger partial charge on any atom is -0.478 e. The van der Waals surface area contributed by atoms with E-state index in [1.54, 1.807) is 13.0 Å². The summed E-state index contributed by atoms with van der Waals surface area (Å²) >= 11 is 0. The average Bonchev–Trinajstić information content (AvgIpc) is 2.62. The third kappa shape index (κ3) is 9.57. The summed E-state index contributed by atoms with van der Waals surface area (Å²) in [4.78, 5) is 10.9. The zero-order chi connectivity index (χ0) is 20.0. The molecule has 0 aliphatic heterocycles. The van der Waals surface area contributed by atoms with Crippen LogP contribution in [0.5, 0.6) is 0 Å². The largest absolute Gasteiger partial charge is 0.478 e. The van der Waals surface area contributed by atoms with E-state index >= 15 is 0 Å². The van der Waals surface area contributed by atoms with E-state index in [2.05, 4.69) is 32.9 Å². The molecule has 1 aromatic rings. The molecule has 0 spiro atoms. The molecule has 2 N–H and O–H groups in total. The number of rotatable bonds is 3. The Bertz CT molecular complexity index is 575. The lowest BCUT2D eigenvalue weighted by atomic mass is 9.71. The molecular weight excluding hydrogens is 324 g/mol. The summed E-state index contributed by atoms with van der Waals surface area (Å²) in [5, 5.41) is 16.6. The number of carboxylic acid groups (broad SMARTS) is 1. The van der Waals surface area contributed by atoms with Crippen LogP contribution in [0.2, 0.25) is 0 Å². The predicted molar refractivity (Wildman–Crippen MR) is 111 cm³/mol. The maximum absolute atomic E-state index is 10.9. The van der Waals surface area contributed by atoms with E-state index in [0.717, 1.165) is 0 Å². The maximum atomic E-state index is 10.9. The van der Waals surface area contributed by atoms with Crippen molar-refractivity contribution in [3.63, 3.8) is 0 Å². The Labute approximate surface area is 159 Å². The topological polar surface area (TPSA) is 57.5 Å². The van der Waals surface area contributed by atoms with Gasteiger partial charge in [0.2, 0.25) is 0 Å². The fourth-order valence-electron chi connectivity index (χ4n) is 2.94. The molecule has 0 aromatic heterocycles. The fraction of sp³-hybridized carbons (Fsp3) is 0.522. The molecule has 0 saturated heterocycles. The maximum Gasteiger partial charge on any atom is 0.335 e. The summed E-state index contributed by atoms with van der Waals surface area (Å²) in [7, 11) is 0. The van der Waals surface area contributed by atoms with E-state index in [0.29, 0.717) is 5.56 Å². The first kappa shape index (κ1) is 24.1. The van der Waals surface area contributed by atoms with Gasteiger partial charge in [-0.1, -0.05) is 62.1 Å². The Hall–Kier alpha value is -1.87. The van der Waals surface area contributed by atoms with Gasteiger partial charge in [-0.15, -0.1) is 0 Å². The van der Waals surface area contributed by atoms with Crippen LogP contribution >= 0.6 is 0 Å². The highest BCUT2D eigenvalue weighted by Gasteiger charge is 2.28. The molecular formula is C23H36O3. The summed E-state index contributed by atoms with van der Waals surface area (Å²) in [5.41, 5.74) is 3.12. The Morgan fingerprint density at radius 1 is 1.19 bits per heavy atom. The molecule has 0 bridgehead atoms. The van der Waals surface area contributed by atoms with Crippen molar-refractivity contribution in [2.24, 2.45) is 0 Å². The number of aromatic carboxylic acids is 1. The Balaban J connectivity index is 0.000000526. The number of carbonyl (C=O) groups is 1. The molecule has 0 amide bonds. The number of hydrogen-bond donors (Lipinski definition) is 2. The number of carboxylic acids is 1. The van der Waals surface area contributed by atoms with Gasteiger partial charge in [0.25, 0.3) is 0 Å². The van der Waals surface area contributed by atoms with Gasteiger partial charge < -0.3 is 10.2 Å². The van der Waals surface area contributed by atoms with Crippen LogP contribution in [0.15, 0.2) is 48.1 Å². The molecule has 26 heavy (non-hydrogen) atoms. The zero-order valence-electron chi connectivity index (χ0n) is 17.1. The van der Waals surface area contributed by atoms with Crippen molar-refractivity contribution in [2.75, 3.05) is 6.61 Å². The van der Waals surface area contributed by atoms with E-state index in [1.807, 2.05) is 31.2 Å². The quantitative estimate of drug-likeness (QED) is 0.637. The molecule has 1 saturated carbocycles. The Kier molecular flexibility index (Phi) is 12.4. The van der Waals surface area contributed by atoms with Gasteiger partial charge in [0.05, 0.1) is 5.56 Å². The van der Waals surface area contributed by atoms with Crippen molar-refractivity contribution in [2.45, 2.75) is 72.1 Å². The van der Waals surface area contributed by atoms with Crippen LogP contribution in [-0.2, 0) is 5.41 Å². The molecule has 3 nitrogen and oxygen atoms in total. The molecule has 1 fully saturated rings. The van der Waals surface area contributed by atoms with Crippen molar-refractivity contribution >= 4 is 5.97 Å². The SMILES string of the molecule is C/C=C\C=C(C)C.CC1(c2cccc(C(=O)O)c2)CCCCC1.CCO. The van der Waals surface area contributed by atoms with Crippen LogP contribution in [0.3, 0.4) is 0 Å². The minimum atomic E-state index is -0.832. The van der Waals surface area contributed by atoms with E-state index in [9.17, 15) is 4.79 Å². The smallest absolute Gasteiger partial charge is 0.335 e. The van der Waals surface area contributed by atoms with Gasteiger partial charge in [-0.3, -0.25) is 0 Å². The lowest BCUT2D eigenvalue weighted by molar-refractivity contribution is 0.0696. The van der Waals surface area contributed by atoms with Gasteiger partial charge in [0.15, 0.2) is 0 Å². The molecule has 0 heterocycles. The third-order valence-corrected chi connectivity index (χ3v) is 4.39. The summed E-state index contributed by atoms with van der Waals surface area (Å²) in [5.74, 6) is -0.832. The first-order chi connectivity index (χ1) is 12.3. The molecule has 146 valence electrons. The van der Waals surface area contributed by atoms with Crippen LogP contribution in [-0.4, -0.2) is 22.8 Å². The highest BCUT2D eigenvalue weighted by atomic mass is 16.4. The lowest BCUT2D eigenvalue weighted by Crippen LogP contribution is -2.25. The van der Waals surface area contributed by atoms with E-state index in [4.69, 9.17) is 10.2 Å². The predicted octanol–water partition coefficient (Wildman–Crippen LogP) is 6.13. The van der Waals surface area contributed by atoms with Crippen LogP contribution in [0.4, 0.5) is 0 Å². The summed E-state index contributed by atoms with van der Waals surface area (Å²) < 4.78 is 0. The Morgan fingerprint density at radius 2 is 1.77 bits per heavy atom. The number of aliphatic hydroxyl groups excluding tert-OH is 1. The highest BCUT2D eigenvalue weighted by Crippen LogP contribution is 2.39. The van der Waals surface area contributed by atoms with Gasteiger partial charge in [-0.2, -0.15) is 0 Å². The number of aliphatic hydroxyl groups is 1. The molecule has 0 atom stereocenters. The summed E-state index contributed by atoms with van der Waals surface area (Å²) in [6, 6.07) is 7.43. The number of benzene rings is 1. The normalized spacial score (nSPS) is 15.2.